The van der Waals surface area contributed by atoms with Crippen molar-refractivity contribution < 1.29 is 9.59 Å². The van der Waals surface area contributed by atoms with E-state index in [0.717, 1.165) is 17.7 Å². The Balaban J connectivity index is 2.16. The van der Waals surface area contributed by atoms with Crippen molar-refractivity contribution in [3.8, 4) is 0 Å². The van der Waals surface area contributed by atoms with Gasteiger partial charge in [0.2, 0.25) is 0 Å². The van der Waals surface area contributed by atoms with Crippen LogP contribution in [0, 0.1) is 0 Å². The third kappa shape index (κ3) is 3.17. The van der Waals surface area contributed by atoms with Gasteiger partial charge in [-0.15, -0.1) is 0 Å². The predicted molar refractivity (Wildman–Crippen MR) is 78.1 cm³/mol. The first-order valence-electron chi connectivity index (χ1n) is 6.12. The number of aromatic nitrogens is 2. The molecule has 0 saturated heterocycles. The number of aldehydes is 1. The second-order valence-corrected chi connectivity index (χ2v) is 4.17. The zero-order valence-electron chi connectivity index (χ0n) is 11.1. The van der Waals surface area contributed by atoms with Gasteiger partial charge in [0.15, 0.2) is 5.78 Å². The highest BCUT2D eigenvalue weighted by Crippen LogP contribution is 2.11. The van der Waals surface area contributed by atoms with E-state index in [1.54, 1.807) is 36.7 Å². The Morgan fingerprint density at radius 2 is 1.75 bits per heavy atom. The first-order chi connectivity index (χ1) is 9.72. The summed E-state index contributed by atoms with van der Waals surface area (Å²) in [6.45, 7) is 0. The number of hydrogen-bond donors (Lipinski definition) is 0. The minimum atomic E-state index is -0.0708. The molecule has 100 valence electrons. The van der Waals surface area contributed by atoms with Gasteiger partial charge in [-0.1, -0.05) is 0 Å². The average molecular weight is 266 g/mol. The molecule has 0 unspecified atom stereocenters. The second kappa shape index (κ2) is 6.43. The number of hydrogen-bond acceptors (Lipinski definition) is 3. The summed E-state index contributed by atoms with van der Waals surface area (Å²) in [5.74, 6) is -0.0708. The van der Waals surface area contributed by atoms with E-state index in [-0.39, 0.29) is 5.78 Å². The smallest absolute Gasteiger partial charge is 0.186 e. The molecule has 20 heavy (non-hydrogen) atoms. The number of pyridine rings is 1. The molecule has 2 heterocycles. The highest BCUT2D eigenvalue weighted by molar-refractivity contribution is 6.06. The Labute approximate surface area is 117 Å². The molecular weight excluding hydrogens is 252 g/mol. The van der Waals surface area contributed by atoms with Crippen molar-refractivity contribution in [2.24, 2.45) is 7.05 Å². The molecule has 0 aliphatic rings. The quantitative estimate of drug-likeness (QED) is 0.474. The normalized spacial score (nSPS) is 11.2. The zero-order valence-corrected chi connectivity index (χ0v) is 11.1. The Morgan fingerprint density at radius 3 is 2.40 bits per heavy atom. The number of allylic oxidation sites excluding steroid dienone is 2. The molecule has 0 fully saturated rings. The van der Waals surface area contributed by atoms with E-state index in [1.807, 2.05) is 23.7 Å². The third-order valence-corrected chi connectivity index (χ3v) is 2.92. The molecule has 0 N–H and O–H groups in total. The van der Waals surface area contributed by atoms with Crippen molar-refractivity contribution >= 4 is 24.2 Å². The van der Waals surface area contributed by atoms with Gasteiger partial charge in [-0.3, -0.25) is 14.6 Å². The summed E-state index contributed by atoms with van der Waals surface area (Å²) in [6.07, 6.45) is 10.3. The number of rotatable bonds is 5. The fraction of sp³-hybridized carbons (Fsp3) is 0.0625. The lowest BCUT2D eigenvalue weighted by molar-refractivity contribution is -0.104. The maximum atomic E-state index is 11.9. The van der Waals surface area contributed by atoms with Gasteiger partial charge in [0.1, 0.15) is 6.29 Å². The van der Waals surface area contributed by atoms with Gasteiger partial charge in [0, 0.05) is 36.4 Å². The SMILES string of the molecule is Cn1c(/C=C/C=O)ccc1/C=C/C(=O)c1ccncc1. The van der Waals surface area contributed by atoms with E-state index in [2.05, 4.69) is 4.98 Å². The molecule has 0 spiro atoms. The maximum Gasteiger partial charge on any atom is 0.186 e. The number of carbonyl (C=O) groups is 2. The second-order valence-electron chi connectivity index (χ2n) is 4.17. The van der Waals surface area contributed by atoms with Crippen LogP contribution in [0.1, 0.15) is 21.7 Å². The molecule has 0 bridgehead atoms. The summed E-state index contributed by atoms with van der Waals surface area (Å²) < 4.78 is 1.90. The summed E-state index contributed by atoms with van der Waals surface area (Å²) in [5, 5.41) is 0. The number of nitrogens with zero attached hydrogens (tertiary/aromatic N) is 2. The van der Waals surface area contributed by atoms with Gasteiger partial charge in [-0.25, -0.2) is 0 Å². The molecule has 0 atom stereocenters. The van der Waals surface area contributed by atoms with Crippen LogP contribution in [-0.2, 0) is 11.8 Å². The number of carbonyl (C=O) groups excluding carboxylic acids is 2. The molecule has 0 aliphatic heterocycles. The maximum absolute atomic E-state index is 11.9. The van der Waals surface area contributed by atoms with Crippen molar-refractivity contribution in [2.45, 2.75) is 0 Å². The van der Waals surface area contributed by atoms with Crippen molar-refractivity contribution in [1.82, 2.24) is 9.55 Å². The van der Waals surface area contributed by atoms with E-state index >= 15 is 0 Å². The van der Waals surface area contributed by atoms with Crippen LogP contribution in [0.4, 0.5) is 0 Å². The summed E-state index contributed by atoms with van der Waals surface area (Å²) >= 11 is 0. The van der Waals surface area contributed by atoms with Crippen LogP contribution in [-0.4, -0.2) is 21.6 Å². The lowest BCUT2D eigenvalue weighted by Crippen LogP contribution is -1.96. The third-order valence-electron chi connectivity index (χ3n) is 2.92. The fourth-order valence-corrected chi connectivity index (χ4v) is 1.79. The highest BCUT2D eigenvalue weighted by Gasteiger charge is 2.02. The molecule has 2 aromatic heterocycles. The first-order valence-corrected chi connectivity index (χ1v) is 6.12. The van der Waals surface area contributed by atoms with Gasteiger partial charge < -0.3 is 4.57 Å². The Hall–Kier alpha value is -2.75. The van der Waals surface area contributed by atoms with Crippen LogP contribution >= 0.6 is 0 Å². The monoisotopic (exact) mass is 266 g/mol. The minimum absolute atomic E-state index is 0.0708. The average Bonchev–Trinajstić information content (AvgIpc) is 2.84. The van der Waals surface area contributed by atoms with Crippen molar-refractivity contribution in [3.05, 3.63) is 65.8 Å². The van der Waals surface area contributed by atoms with Crippen LogP contribution in [0.15, 0.2) is 48.8 Å². The summed E-state index contributed by atoms with van der Waals surface area (Å²) in [5.41, 5.74) is 2.39. The standard InChI is InChI=1S/C16H14N2O2/c1-18-14(3-2-12-19)4-5-15(18)6-7-16(20)13-8-10-17-11-9-13/h2-12H,1H3/b3-2+,7-6+. The molecular formula is C16H14N2O2. The zero-order chi connectivity index (χ0) is 14.4. The van der Waals surface area contributed by atoms with E-state index in [1.165, 1.54) is 12.2 Å². The fourth-order valence-electron chi connectivity index (χ4n) is 1.79. The summed E-state index contributed by atoms with van der Waals surface area (Å²) in [7, 11) is 1.88. The van der Waals surface area contributed by atoms with Crippen molar-refractivity contribution in [3.63, 3.8) is 0 Å². The summed E-state index contributed by atoms with van der Waals surface area (Å²) in [6, 6.07) is 7.13. The van der Waals surface area contributed by atoms with E-state index in [4.69, 9.17) is 0 Å². The van der Waals surface area contributed by atoms with E-state index < -0.39 is 0 Å². The van der Waals surface area contributed by atoms with Gasteiger partial charge in [0.05, 0.1) is 0 Å². The molecule has 0 aromatic carbocycles. The first kappa shape index (κ1) is 13.7. The van der Waals surface area contributed by atoms with E-state index in [0.29, 0.717) is 5.56 Å². The van der Waals surface area contributed by atoms with Crippen LogP contribution in [0.3, 0.4) is 0 Å². The topological polar surface area (TPSA) is 52.0 Å². The predicted octanol–water partition coefficient (Wildman–Crippen LogP) is 2.53. The molecule has 4 nitrogen and oxygen atoms in total. The lowest BCUT2D eigenvalue weighted by Gasteiger charge is -2.00. The minimum Gasteiger partial charge on any atom is -0.345 e. The van der Waals surface area contributed by atoms with Crippen molar-refractivity contribution in [1.29, 1.82) is 0 Å². The van der Waals surface area contributed by atoms with Crippen LogP contribution in [0.2, 0.25) is 0 Å². The molecule has 2 aromatic rings. The van der Waals surface area contributed by atoms with Gasteiger partial charge in [-0.2, -0.15) is 0 Å². The Bertz CT molecular complexity index is 667. The van der Waals surface area contributed by atoms with Gasteiger partial charge in [0.25, 0.3) is 0 Å². The Kier molecular flexibility index (Phi) is 4.39. The number of ketones is 1. The largest absolute Gasteiger partial charge is 0.345 e. The van der Waals surface area contributed by atoms with Crippen LogP contribution in [0.25, 0.3) is 12.2 Å². The molecule has 0 aliphatic carbocycles. The molecule has 0 amide bonds. The van der Waals surface area contributed by atoms with E-state index in [9.17, 15) is 9.59 Å². The molecule has 2 rings (SSSR count). The Morgan fingerprint density at radius 1 is 1.10 bits per heavy atom. The molecule has 0 saturated carbocycles. The lowest BCUT2D eigenvalue weighted by atomic mass is 10.1. The van der Waals surface area contributed by atoms with Crippen LogP contribution in [0.5, 0.6) is 0 Å². The molecule has 4 heteroatoms. The van der Waals surface area contributed by atoms with Gasteiger partial charge >= 0.3 is 0 Å². The summed E-state index contributed by atoms with van der Waals surface area (Å²) in [4.78, 5) is 26.1. The van der Waals surface area contributed by atoms with Crippen molar-refractivity contribution in [2.75, 3.05) is 0 Å². The highest BCUT2D eigenvalue weighted by atomic mass is 16.1. The van der Waals surface area contributed by atoms with Crippen LogP contribution < -0.4 is 0 Å². The molecule has 0 radical (unpaired) electrons. The van der Waals surface area contributed by atoms with Gasteiger partial charge in [-0.05, 0) is 48.6 Å².